The number of benzene rings is 1. The van der Waals surface area contributed by atoms with Gasteiger partial charge in [-0.15, -0.1) is 0 Å². The van der Waals surface area contributed by atoms with Crippen LogP contribution in [0.4, 0.5) is 0 Å². The maximum atomic E-state index is 9.75. The minimum Gasteiger partial charge on any atom is -0.508 e. The van der Waals surface area contributed by atoms with Gasteiger partial charge in [0.15, 0.2) is 0 Å². The minimum absolute atomic E-state index is 0.319. The Morgan fingerprint density at radius 2 is 1.88 bits per heavy atom. The smallest absolute Gasteiger partial charge is 0.118 e. The van der Waals surface area contributed by atoms with Crippen molar-refractivity contribution in [3.63, 3.8) is 0 Å². The van der Waals surface area contributed by atoms with Gasteiger partial charge in [-0.2, -0.15) is 0 Å². The lowest BCUT2D eigenvalue weighted by molar-refractivity contribution is 0.366. The Balaban J connectivity index is 2.75. The fourth-order valence-corrected chi connectivity index (χ4v) is 1.95. The minimum atomic E-state index is 0.319. The molecule has 0 aliphatic rings. The Bertz CT molecular complexity index is 335. The molecule has 1 atom stereocenters. The van der Waals surface area contributed by atoms with Gasteiger partial charge in [-0.3, -0.25) is 0 Å². The Labute approximate surface area is 97.5 Å². The molecule has 0 aromatic heterocycles. The summed E-state index contributed by atoms with van der Waals surface area (Å²) in [4.78, 5) is 0. The zero-order valence-corrected chi connectivity index (χ0v) is 10.1. The lowest BCUT2D eigenvalue weighted by atomic mass is 9.88. The molecule has 5 N–H and O–H groups in total. The van der Waals surface area contributed by atoms with Crippen molar-refractivity contribution in [3.05, 3.63) is 29.3 Å². The molecule has 0 saturated carbocycles. The highest BCUT2D eigenvalue weighted by Crippen LogP contribution is 2.24. The summed E-state index contributed by atoms with van der Waals surface area (Å²) < 4.78 is 0. The van der Waals surface area contributed by atoms with Gasteiger partial charge in [-0.1, -0.05) is 24.6 Å². The van der Waals surface area contributed by atoms with Crippen LogP contribution in [0.15, 0.2) is 18.2 Å². The molecule has 0 amide bonds. The van der Waals surface area contributed by atoms with E-state index in [1.807, 2.05) is 19.1 Å². The van der Waals surface area contributed by atoms with Crippen LogP contribution in [0.3, 0.4) is 0 Å². The molecular formula is C13H22N2O. The van der Waals surface area contributed by atoms with Crippen molar-refractivity contribution in [3.8, 4) is 5.75 Å². The lowest BCUT2D eigenvalue weighted by Crippen LogP contribution is -2.30. The van der Waals surface area contributed by atoms with Gasteiger partial charge in [0, 0.05) is 0 Å². The quantitative estimate of drug-likeness (QED) is 0.705. The highest BCUT2D eigenvalue weighted by molar-refractivity contribution is 5.35. The van der Waals surface area contributed by atoms with Gasteiger partial charge in [0.05, 0.1) is 0 Å². The second kappa shape index (κ2) is 5.87. The van der Waals surface area contributed by atoms with Crippen molar-refractivity contribution in [2.75, 3.05) is 13.1 Å². The third-order valence-corrected chi connectivity index (χ3v) is 3.19. The molecule has 0 bridgehead atoms. The molecule has 0 saturated heterocycles. The van der Waals surface area contributed by atoms with Gasteiger partial charge in [0.25, 0.3) is 0 Å². The molecule has 0 radical (unpaired) electrons. The van der Waals surface area contributed by atoms with Crippen LogP contribution in [0.5, 0.6) is 5.75 Å². The van der Waals surface area contributed by atoms with Gasteiger partial charge in [-0.25, -0.2) is 0 Å². The zero-order chi connectivity index (χ0) is 12.1. The van der Waals surface area contributed by atoms with Crippen molar-refractivity contribution < 1.29 is 5.11 Å². The third-order valence-electron chi connectivity index (χ3n) is 3.19. The summed E-state index contributed by atoms with van der Waals surface area (Å²) in [5, 5.41) is 9.75. The molecule has 1 rings (SSSR count). The number of aromatic hydroxyl groups is 1. The molecule has 0 fully saturated rings. The second-order valence-electron chi connectivity index (χ2n) is 4.55. The first kappa shape index (κ1) is 13.0. The second-order valence-corrected chi connectivity index (χ2v) is 4.55. The normalized spacial score (nSPS) is 13.1. The maximum Gasteiger partial charge on any atom is 0.118 e. The van der Waals surface area contributed by atoms with Crippen molar-refractivity contribution >= 4 is 0 Å². The predicted molar refractivity (Wildman–Crippen MR) is 67.3 cm³/mol. The maximum absolute atomic E-state index is 9.75. The topological polar surface area (TPSA) is 72.3 Å². The van der Waals surface area contributed by atoms with E-state index in [4.69, 9.17) is 11.5 Å². The summed E-state index contributed by atoms with van der Waals surface area (Å²) in [6.07, 6.45) is 0.826. The number of phenols is 1. The molecule has 1 unspecified atom stereocenters. The standard InChI is InChI=1S/C13H22N2O/c1-9-3-4-13(16)11(5-9)6-10(2)12(7-14)8-15/h3-5,10,12,16H,6-8,14-15H2,1-2H3. The molecule has 3 nitrogen and oxygen atoms in total. The van der Waals surface area contributed by atoms with E-state index < -0.39 is 0 Å². The first-order chi connectivity index (χ1) is 7.58. The first-order valence-electron chi connectivity index (χ1n) is 5.77. The molecule has 0 spiro atoms. The van der Waals surface area contributed by atoms with Crippen LogP contribution in [0, 0.1) is 18.8 Å². The van der Waals surface area contributed by atoms with Gasteiger partial charge >= 0.3 is 0 Å². The Morgan fingerprint density at radius 1 is 1.25 bits per heavy atom. The van der Waals surface area contributed by atoms with Crippen LogP contribution in [0.1, 0.15) is 18.1 Å². The molecule has 90 valence electrons. The Morgan fingerprint density at radius 3 is 2.44 bits per heavy atom. The summed E-state index contributed by atoms with van der Waals surface area (Å²) >= 11 is 0. The Kier molecular flexibility index (Phi) is 4.77. The van der Waals surface area contributed by atoms with E-state index in [2.05, 4.69) is 6.92 Å². The van der Waals surface area contributed by atoms with Crippen LogP contribution in [-0.2, 0) is 6.42 Å². The van der Waals surface area contributed by atoms with Crippen LogP contribution >= 0.6 is 0 Å². The summed E-state index contributed by atoms with van der Waals surface area (Å²) in [5.41, 5.74) is 13.5. The molecule has 0 heterocycles. The predicted octanol–water partition coefficient (Wildman–Crippen LogP) is 1.41. The molecular weight excluding hydrogens is 200 g/mol. The van der Waals surface area contributed by atoms with Crippen molar-refractivity contribution in [1.29, 1.82) is 0 Å². The molecule has 1 aromatic rings. The van der Waals surface area contributed by atoms with E-state index in [9.17, 15) is 5.11 Å². The average Bonchev–Trinajstić information content (AvgIpc) is 2.25. The van der Waals surface area contributed by atoms with E-state index in [1.54, 1.807) is 6.07 Å². The number of aryl methyl sites for hydroxylation is 1. The molecule has 16 heavy (non-hydrogen) atoms. The van der Waals surface area contributed by atoms with Crippen LogP contribution < -0.4 is 11.5 Å². The van der Waals surface area contributed by atoms with Crippen LogP contribution in [-0.4, -0.2) is 18.2 Å². The summed E-state index contributed by atoms with van der Waals surface area (Å²) in [6.45, 7) is 5.36. The highest BCUT2D eigenvalue weighted by atomic mass is 16.3. The Hall–Kier alpha value is -1.06. The molecule has 1 aromatic carbocycles. The van der Waals surface area contributed by atoms with Gasteiger partial charge in [-0.05, 0) is 49.9 Å². The number of hydrogen-bond donors (Lipinski definition) is 3. The highest BCUT2D eigenvalue weighted by Gasteiger charge is 2.16. The van der Waals surface area contributed by atoms with Crippen molar-refractivity contribution in [2.24, 2.45) is 23.3 Å². The number of hydrogen-bond acceptors (Lipinski definition) is 3. The van der Waals surface area contributed by atoms with E-state index in [1.165, 1.54) is 0 Å². The first-order valence-corrected chi connectivity index (χ1v) is 5.77. The van der Waals surface area contributed by atoms with Crippen molar-refractivity contribution in [1.82, 2.24) is 0 Å². The summed E-state index contributed by atoms with van der Waals surface area (Å²) in [6, 6.07) is 5.68. The number of phenolic OH excluding ortho intramolecular Hbond substituents is 1. The number of nitrogens with two attached hydrogens (primary N) is 2. The summed E-state index contributed by atoms with van der Waals surface area (Å²) in [7, 11) is 0. The van der Waals surface area contributed by atoms with Crippen molar-refractivity contribution in [2.45, 2.75) is 20.3 Å². The zero-order valence-electron chi connectivity index (χ0n) is 10.1. The fraction of sp³-hybridized carbons (Fsp3) is 0.538. The lowest BCUT2D eigenvalue weighted by Gasteiger charge is -2.21. The van der Waals surface area contributed by atoms with Crippen LogP contribution in [0.25, 0.3) is 0 Å². The molecule has 3 heteroatoms. The van der Waals surface area contributed by atoms with E-state index in [0.717, 1.165) is 17.5 Å². The largest absolute Gasteiger partial charge is 0.508 e. The van der Waals surface area contributed by atoms with Gasteiger partial charge in [0.2, 0.25) is 0 Å². The number of rotatable bonds is 5. The molecule has 0 aliphatic carbocycles. The van der Waals surface area contributed by atoms with Crippen LogP contribution in [0.2, 0.25) is 0 Å². The van der Waals surface area contributed by atoms with E-state index >= 15 is 0 Å². The summed E-state index contributed by atoms with van der Waals surface area (Å²) in [5.74, 6) is 1.08. The fourth-order valence-electron chi connectivity index (χ4n) is 1.95. The molecule has 0 aliphatic heterocycles. The average molecular weight is 222 g/mol. The van der Waals surface area contributed by atoms with Gasteiger partial charge < -0.3 is 16.6 Å². The SMILES string of the molecule is Cc1ccc(O)c(CC(C)C(CN)CN)c1. The third kappa shape index (κ3) is 3.22. The van der Waals surface area contributed by atoms with E-state index in [-0.39, 0.29) is 0 Å². The van der Waals surface area contributed by atoms with Gasteiger partial charge in [0.1, 0.15) is 5.75 Å². The van der Waals surface area contributed by atoms with E-state index in [0.29, 0.717) is 30.7 Å². The monoisotopic (exact) mass is 222 g/mol.